The van der Waals surface area contributed by atoms with E-state index in [1.807, 2.05) is 36.8 Å². The Kier molecular flexibility index (Phi) is 3.96. The quantitative estimate of drug-likeness (QED) is 0.924. The normalized spacial score (nSPS) is 18.1. The molecule has 21 heavy (non-hydrogen) atoms. The van der Waals surface area contributed by atoms with Crippen LogP contribution in [0.2, 0.25) is 0 Å². The van der Waals surface area contributed by atoms with E-state index >= 15 is 0 Å². The second-order valence-corrected chi connectivity index (χ2v) is 5.99. The molecule has 0 amide bonds. The lowest BCUT2D eigenvalue weighted by molar-refractivity contribution is 0.606. The van der Waals surface area contributed by atoms with Gasteiger partial charge in [-0.25, -0.2) is 4.98 Å². The first kappa shape index (κ1) is 14.1. The average molecular weight is 348 g/mol. The van der Waals surface area contributed by atoms with Crippen molar-refractivity contribution >= 4 is 27.6 Å². The number of guanidine groups is 1. The lowest BCUT2D eigenvalue weighted by atomic mass is 10.1. The highest BCUT2D eigenvalue weighted by Gasteiger charge is 2.30. The minimum Gasteiger partial charge on any atom is -0.369 e. The molecular weight excluding hydrogens is 330 g/mol. The van der Waals surface area contributed by atoms with Crippen LogP contribution in [0.1, 0.15) is 25.1 Å². The number of aliphatic imine (C=N–C) groups is 1. The largest absolute Gasteiger partial charge is 0.369 e. The number of hydrogen-bond acceptors (Lipinski definition) is 4. The molecule has 2 aromatic rings. The van der Waals surface area contributed by atoms with Gasteiger partial charge in [-0.05, 0) is 30.7 Å². The van der Waals surface area contributed by atoms with Crippen molar-refractivity contribution in [2.24, 2.45) is 10.7 Å². The molecule has 0 bridgehead atoms. The zero-order chi connectivity index (χ0) is 14.8. The Bertz CT molecular complexity index is 646. The molecule has 1 aromatic heterocycles. The SMILES string of the molecule is CCCn1cncc1C1CN=C(N)N1c1ccc(Br)cc1. The molecule has 0 saturated carbocycles. The Balaban J connectivity index is 1.95. The summed E-state index contributed by atoms with van der Waals surface area (Å²) in [6.07, 6.45) is 4.87. The van der Waals surface area contributed by atoms with Gasteiger partial charge in [0.05, 0.1) is 30.8 Å². The van der Waals surface area contributed by atoms with Gasteiger partial charge in [-0.1, -0.05) is 22.9 Å². The molecule has 1 atom stereocenters. The Labute approximate surface area is 132 Å². The van der Waals surface area contributed by atoms with Crippen LogP contribution < -0.4 is 10.6 Å². The van der Waals surface area contributed by atoms with E-state index in [-0.39, 0.29) is 6.04 Å². The van der Waals surface area contributed by atoms with Crippen molar-refractivity contribution in [3.05, 3.63) is 47.0 Å². The van der Waals surface area contributed by atoms with Crippen molar-refractivity contribution in [3.63, 3.8) is 0 Å². The number of aryl methyl sites for hydroxylation is 1. The van der Waals surface area contributed by atoms with Gasteiger partial charge in [0, 0.05) is 16.7 Å². The summed E-state index contributed by atoms with van der Waals surface area (Å²) in [4.78, 5) is 10.8. The third-order valence-corrected chi connectivity index (χ3v) is 4.17. The fraction of sp³-hybridized carbons (Fsp3) is 0.333. The first-order valence-corrected chi connectivity index (χ1v) is 7.84. The number of anilines is 1. The number of halogens is 1. The highest BCUT2D eigenvalue weighted by Crippen LogP contribution is 2.31. The van der Waals surface area contributed by atoms with Gasteiger partial charge >= 0.3 is 0 Å². The van der Waals surface area contributed by atoms with Crippen LogP contribution in [0.4, 0.5) is 5.69 Å². The number of hydrogen-bond donors (Lipinski definition) is 1. The van der Waals surface area contributed by atoms with E-state index in [1.165, 1.54) is 0 Å². The van der Waals surface area contributed by atoms with Gasteiger partial charge in [0.25, 0.3) is 0 Å². The fourth-order valence-corrected chi connectivity index (χ4v) is 2.94. The topological polar surface area (TPSA) is 59.4 Å². The maximum atomic E-state index is 6.10. The fourth-order valence-electron chi connectivity index (χ4n) is 2.67. The van der Waals surface area contributed by atoms with Crippen LogP contribution in [0.3, 0.4) is 0 Å². The van der Waals surface area contributed by atoms with E-state index in [1.54, 1.807) is 0 Å². The minimum absolute atomic E-state index is 0.111. The Morgan fingerprint density at radius 1 is 1.33 bits per heavy atom. The second-order valence-electron chi connectivity index (χ2n) is 5.07. The van der Waals surface area contributed by atoms with Crippen molar-refractivity contribution in [2.45, 2.75) is 25.9 Å². The first-order chi connectivity index (χ1) is 10.2. The third-order valence-electron chi connectivity index (χ3n) is 3.64. The van der Waals surface area contributed by atoms with Gasteiger partial charge in [0.2, 0.25) is 0 Å². The molecular formula is C15H18BrN5. The van der Waals surface area contributed by atoms with Gasteiger partial charge in [0.15, 0.2) is 5.96 Å². The maximum Gasteiger partial charge on any atom is 0.196 e. The molecule has 110 valence electrons. The summed E-state index contributed by atoms with van der Waals surface area (Å²) in [5.74, 6) is 0.562. The van der Waals surface area contributed by atoms with E-state index in [0.717, 1.165) is 28.8 Å². The zero-order valence-corrected chi connectivity index (χ0v) is 13.5. The van der Waals surface area contributed by atoms with Gasteiger partial charge in [-0.3, -0.25) is 4.99 Å². The van der Waals surface area contributed by atoms with Crippen LogP contribution in [0, 0.1) is 0 Å². The Hall–Kier alpha value is -1.82. The predicted molar refractivity (Wildman–Crippen MR) is 88.4 cm³/mol. The molecule has 1 aromatic carbocycles. The number of nitrogens with zero attached hydrogens (tertiary/aromatic N) is 4. The number of aromatic nitrogens is 2. The average Bonchev–Trinajstić information content (AvgIpc) is 3.07. The monoisotopic (exact) mass is 347 g/mol. The van der Waals surface area contributed by atoms with Crippen LogP contribution in [-0.2, 0) is 6.54 Å². The lowest BCUT2D eigenvalue weighted by Crippen LogP contribution is -2.36. The molecule has 5 nitrogen and oxygen atoms in total. The van der Waals surface area contributed by atoms with E-state index < -0.39 is 0 Å². The molecule has 2 heterocycles. The van der Waals surface area contributed by atoms with Crippen molar-refractivity contribution in [1.82, 2.24) is 9.55 Å². The number of rotatable bonds is 4. The molecule has 0 radical (unpaired) electrons. The Morgan fingerprint density at radius 3 is 2.81 bits per heavy atom. The van der Waals surface area contributed by atoms with E-state index in [2.05, 4.69) is 42.3 Å². The highest BCUT2D eigenvalue weighted by atomic mass is 79.9. The molecule has 2 N–H and O–H groups in total. The van der Waals surface area contributed by atoms with Crippen molar-refractivity contribution < 1.29 is 0 Å². The van der Waals surface area contributed by atoms with Gasteiger partial charge in [-0.2, -0.15) is 0 Å². The van der Waals surface area contributed by atoms with Crippen LogP contribution in [0.25, 0.3) is 0 Å². The Morgan fingerprint density at radius 2 is 2.10 bits per heavy atom. The second kappa shape index (κ2) is 5.89. The standard InChI is InChI=1S/C15H18BrN5/c1-2-7-20-10-18-8-13(20)14-9-19-15(17)21(14)12-5-3-11(16)4-6-12/h3-6,8,10,14H,2,7,9H2,1H3,(H2,17,19). The first-order valence-electron chi connectivity index (χ1n) is 7.05. The summed E-state index contributed by atoms with van der Waals surface area (Å²) >= 11 is 3.46. The molecule has 1 aliphatic heterocycles. The molecule has 1 unspecified atom stereocenters. The van der Waals surface area contributed by atoms with E-state index in [9.17, 15) is 0 Å². The zero-order valence-electron chi connectivity index (χ0n) is 11.9. The molecule has 0 aliphatic carbocycles. The highest BCUT2D eigenvalue weighted by molar-refractivity contribution is 9.10. The number of nitrogens with two attached hydrogens (primary N) is 1. The molecule has 0 saturated heterocycles. The van der Waals surface area contributed by atoms with Gasteiger partial charge in [-0.15, -0.1) is 0 Å². The molecule has 3 rings (SSSR count). The van der Waals surface area contributed by atoms with Gasteiger partial charge in [0.1, 0.15) is 0 Å². The smallest absolute Gasteiger partial charge is 0.196 e. The maximum absolute atomic E-state index is 6.10. The van der Waals surface area contributed by atoms with Crippen molar-refractivity contribution in [1.29, 1.82) is 0 Å². The predicted octanol–water partition coefficient (Wildman–Crippen LogP) is 2.93. The summed E-state index contributed by atoms with van der Waals surface area (Å²) in [5.41, 5.74) is 8.31. The van der Waals surface area contributed by atoms with E-state index in [0.29, 0.717) is 12.5 Å². The summed E-state index contributed by atoms with van der Waals surface area (Å²) in [5, 5.41) is 0. The molecule has 6 heteroatoms. The van der Waals surface area contributed by atoms with Crippen molar-refractivity contribution in [3.8, 4) is 0 Å². The van der Waals surface area contributed by atoms with E-state index in [4.69, 9.17) is 5.73 Å². The summed E-state index contributed by atoms with van der Waals surface area (Å²) in [7, 11) is 0. The summed E-state index contributed by atoms with van der Waals surface area (Å²) in [6.45, 7) is 3.78. The minimum atomic E-state index is 0.111. The lowest BCUT2D eigenvalue weighted by Gasteiger charge is -2.27. The molecule has 1 aliphatic rings. The number of benzene rings is 1. The third kappa shape index (κ3) is 2.68. The molecule has 0 spiro atoms. The van der Waals surface area contributed by atoms with Crippen molar-refractivity contribution in [2.75, 3.05) is 11.4 Å². The van der Waals surface area contributed by atoms with Crippen LogP contribution >= 0.6 is 15.9 Å². The van der Waals surface area contributed by atoms with Crippen LogP contribution in [-0.4, -0.2) is 22.1 Å². The summed E-state index contributed by atoms with van der Waals surface area (Å²) < 4.78 is 3.23. The molecule has 0 fully saturated rings. The summed E-state index contributed by atoms with van der Waals surface area (Å²) in [6, 6.07) is 8.24. The van der Waals surface area contributed by atoms with Crippen LogP contribution in [0.5, 0.6) is 0 Å². The number of imidazole rings is 1. The van der Waals surface area contributed by atoms with Crippen LogP contribution in [0.15, 0.2) is 46.3 Å². The van der Waals surface area contributed by atoms with Gasteiger partial charge < -0.3 is 15.2 Å².